The highest BCUT2D eigenvalue weighted by atomic mass is 14.7. The molecule has 0 aliphatic heterocycles. The van der Waals surface area contributed by atoms with Crippen molar-refractivity contribution in [3.8, 4) is 0 Å². The van der Waals surface area contributed by atoms with Crippen LogP contribution in [0.2, 0.25) is 0 Å². The summed E-state index contributed by atoms with van der Waals surface area (Å²) in [5.74, 6) is 0. The third-order valence-corrected chi connectivity index (χ3v) is 2.75. The largest absolute Gasteiger partial charge is 0.399 e. The average molecular weight is 228 g/mol. The molecule has 0 amide bonds. The van der Waals surface area contributed by atoms with Crippen LogP contribution in [0.25, 0.3) is 0 Å². The Bertz CT molecular complexity index is 516. The van der Waals surface area contributed by atoms with Crippen LogP contribution in [0.1, 0.15) is 17.2 Å². The van der Waals surface area contributed by atoms with Crippen LogP contribution >= 0.6 is 0 Å². The van der Waals surface area contributed by atoms with E-state index in [0.29, 0.717) is 17.1 Å². The van der Waals surface area contributed by atoms with Crippen molar-refractivity contribution in [2.45, 2.75) is 6.04 Å². The predicted molar refractivity (Wildman–Crippen MR) is 72.2 cm³/mol. The number of hydrogen-bond acceptors (Lipinski definition) is 4. The molecule has 1 atom stereocenters. The molecule has 0 saturated carbocycles. The van der Waals surface area contributed by atoms with Crippen LogP contribution in [0.4, 0.5) is 17.1 Å². The first-order valence-electron chi connectivity index (χ1n) is 5.34. The third kappa shape index (κ3) is 2.16. The molecule has 0 aromatic heterocycles. The number of benzene rings is 2. The number of anilines is 3. The molecule has 0 aliphatic rings. The van der Waals surface area contributed by atoms with E-state index >= 15 is 0 Å². The van der Waals surface area contributed by atoms with Gasteiger partial charge in [-0.3, -0.25) is 0 Å². The zero-order valence-electron chi connectivity index (χ0n) is 9.43. The zero-order chi connectivity index (χ0) is 12.4. The predicted octanol–water partition coefficient (Wildman–Crippen LogP) is 1.48. The molecule has 2 aromatic rings. The molecule has 1 unspecified atom stereocenters. The Balaban J connectivity index is 2.47. The fourth-order valence-electron chi connectivity index (χ4n) is 1.88. The van der Waals surface area contributed by atoms with Crippen LogP contribution in [0, 0.1) is 0 Å². The maximum Gasteiger partial charge on any atom is 0.0593 e. The molecule has 2 rings (SSSR count). The normalized spacial score (nSPS) is 12.3. The van der Waals surface area contributed by atoms with Crippen LogP contribution in [0.15, 0.2) is 42.5 Å². The van der Waals surface area contributed by atoms with Gasteiger partial charge in [0.2, 0.25) is 0 Å². The second-order valence-corrected chi connectivity index (χ2v) is 4.00. The van der Waals surface area contributed by atoms with Gasteiger partial charge < -0.3 is 22.9 Å². The maximum atomic E-state index is 6.17. The van der Waals surface area contributed by atoms with E-state index in [0.717, 1.165) is 11.1 Å². The van der Waals surface area contributed by atoms with Gasteiger partial charge >= 0.3 is 0 Å². The maximum absolute atomic E-state index is 6.17. The lowest BCUT2D eigenvalue weighted by Crippen LogP contribution is -2.16. The number of nitrogen functional groups attached to an aromatic ring is 3. The summed E-state index contributed by atoms with van der Waals surface area (Å²) in [6.45, 7) is 0. The first-order chi connectivity index (χ1) is 8.09. The molecule has 0 radical (unpaired) electrons. The van der Waals surface area contributed by atoms with Gasteiger partial charge in [0.05, 0.1) is 6.04 Å². The van der Waals surface area contributed by atoms with Gasteiger partial charge in [-0.2, -0.15) is 0 Å². The first-order valence-corrected chi connectivity index (χ1v) is 5.34. The highest BCUT2D eigenvalue weighted by Crippen LogP contribution is 2.30. The van der Waals surface area contributed by atoms with E-state index in [1.807, 2.05) is 24.3 Å². The molecule has 0 bridgehead atoms. The third-order valence-electron chi connectivity index (χ3n) is 2.75. The monoisotopic (exact) mass is 228 g/mol. The van der Waals surface area contributed by atoms with Crippen molar-refractivity contribution in [1.29, 1.82) is 0 Å². The van der Waals surface area contributed by atoms with Gasteiger partial charge in [0.25, 0.3) is 0 Å². The standard InChI is InChI=1S/C13H16N4/c14-9-4-1-3-8(7-9)13(17)12-10(15)5-2-6-11(12)16/h1-7,13H,14-17H2. The lowest BCUT2D eigenvalue weighted by molar-refractivity contribution is 0.878. The molecule has 0 spiro atoms. The molecule has 0 heterocycles. The number of rotatable bonds is 2. The van der Waals surface area contributed by atoms with Crippen molar-refractivity contribution in [1.82, 2.24) is 0 Å². The van der Waals surface area contributed by atoms with Crippen LogP contribution in [-0.2, 0) is 0 Å². The molecule has 2 aromatic carbocycles. The fourth-order valence-corrected chi connectivity index (χ4v) is 1.88. The van der Waals surface area contributed by atoms with Crippen molar-refractivity contribution in [3.63, 3.8) is 0 Å². The molecule has 0 aliphatic carbocycles. The molecule has 17 heavy (non-hydrogen) atoms. The Morgan fingerprint density at radius 1 is 0.824 bits per heavy atom. The van der Waals surface area contributed by atoms with E-state index in [2.05, 4.69) is 0 Å². The van der Waals surface area contributed by atoms with Crippen molar-refractivity contribution < 1.29 is 0 Å². The highest BCUT2D eigenvalue weighted by Gasteiger charge is 2.14. The van der Waals surface area contributed by atoms with Crippen molar-refractivity contribution in [2.24, 2.45) is 5.73 Å². The zero-order valence-corrected chi connectivity index (χ0v) is 9.43. The Kier molecular flexibility index (Phi) is 2.89. The van der Waals surface area contributed by atoms with Crippen LogP contribution < -0.4 is 22.9 Å². The topological polar surface area (TPSA) is 104 Å². The summed E-state index contributed by atoms with van der Waals surface area (Å²) in [6, 6.07) is 12.4. The van der Waals surface area contributed by atoms with Gasteiger partial charge in [-0.25, -0.2) is 0 Å². The summed E-state index contributed by atoms with van der Waals surface area (Å²) < 4.78 is 0. The Morgan fingerprint density at radius 3 is 2.00 bits per heavy atom. The molecule has 8 N–H and O–H groups in total. The molecule has 88 valence electrons. The quantitative estimate of drug-likeness (QED) is 0.584. The molecule has 4 nitrogen and oxygen atoms in total. The molecular weight excluding hydrogens is 212 g/mol. The van der Waals surface area contributed by atoms with Gasteiger partial charge in [-0.1, -0.05) is 18.2 Å². The molecular formula is C13H16N4. The fraction of sp³-hybridized carbons (Fsp3) is 0.0769. The van der Waals surface area contributed by atoms with Crippen LogP contribution in [0.5, 0.6) is 0 Å². The minimum absolute atomic E-state index is 0.361. The van der Waals surface area contributed by atoms with E-state index in [9.17, 15) is 0 Å². The average Bonchev–Trinajstić information content (AvgIpc) is 2.28. The van der Waals surface area contributed by atoms with E-state index in [1.54, 1.807) is 18.2 Å². The highest BCUT2D eigenvalue weighted by molar-refractivity contribution is 5.64. The minimum atomic E-state index is -0.361. The van der Waals surface area contributed by atoms with Crippen molar-refractivity contribution in [2.75, 3.05) is 17.2 Å². The van der Waals surface area contributed by atoms with Crippen molar-refractivity contribution in [3.05, 3.63) is 53.6 Å². The molecule has 0 fully saturated rings. The first kappa shape index (κ1) is 11.3. The summed E-state index contributed by atoms with van der Waals surface area (Å²) in [7, 11) is 0. The molecule has 4 heteroatoms. The van der Waals surface area contributed by atoms with E-state index < -0.39 is 0 Å². The van der Waals surface area contributed by atoms with Gasteiger partial charge in [-0.15, -0.1) is 0 Å². The van der Waals surface area contributed by atoms with E-state index in [4.69, 9.17) is 22.9 Å². The lowest BCUT2D eigenvalue weighted by atomic mass is 9.96. The second kappa shape index (κ2) is 4.35. The van der Waals surface area contributed by atoms with Crippen LogP contribution in [0.3, 0.4) is 0 Å². The minimum Gasteiger partial charge on any atom is -0.399 e. The smallest absolute Gasteiger partial charge is 0.0593 e. The van der Waals surface area contributed by atoms with Gasteiger partial charge in [-0.05, 0) is 29.8 Å². The summed E-state index contributed by atoms with van der Waals surface area (Å²) in [5.41, 5.74) is 27.2. The van der Waals surface area contributed by atoms with E-state index in [-0.39, 0.29) is 6.04 Å². The summed E-state index contributed by atoms with van der Waals surface area (Å²) in [5, 5.41) is 0. The van der Waals surface area contributed by atoms with E-state index in [1.165, 1.54) is 0 Å². The van der Waals surface area contributed by atoms with Gasteiger partial charge in [0.1, 0.15) is 0 Å². The van der Waals surface area contributed by atoms with Gasteiger partial charge in [0, 0.05) is 22.6 Å². The van der Waals surface area contributed by atoms with Crippen LogP contribution in [-0.4, -0.2) is 0 Å². The lowest BCUT2D eigenvalue weighted by Gasteiger charge is -2.17. The summed E-state index contributed by atoms with van der Waals surface area (Å²) in [4.78, 5) is 0. The second-order valence-electron chi connectivity index (χ2n) is 4.00. The Hall–Kier alpha value is -2.20. The number of hydrogen-bond donors (Lipinski definition) is 4. The van der Waals surface area contributed by atoms with Gasteiger partial charge in [0.15, 0.2) is 0 Å². The SMILES string of the molecule is Nc1cccc(C(N)c2c(N)cccc2N)c1. The summed E-state index contributed by atoms with van der Waals surface area (Å²) >= 11 is 0. The Labute approximate surface area is 100 Å². The summed E-state index contributed by atoms with van der Waals surface area (Å²) in [6.07, 6.45) is 0. The van der Waals surface area contributed by atoms with Crippen molar-refractivity contribution >= 4 is 17.1 Å². The molecule has 0 saturated heterocycles. The number of nitrogens with two attached hydrogens (primary N) is 4. The Morgan fingerprint density at radius 2 is 1.41 bits per heavy atom.